The number of nitriles is 1. The molecular formula is C9H7ClFNO. The molecule has 1 atom stereocenters. The molecule has 0 saturated carbocycles. The third-order valence-corrected chi connectivity index (χ3v) is 1.77. The summed E-state index contributed by atoms with van der Waals surface area (Å²) >= 11 is 5.56. The molecule has 0 aliphatic carbocycles. The summed E-state index contributed by atoms with van der Waals surface area (Å²) in [7, 11) is 0. The minimum absolute atomic E-state index is 0.0697. The van der Waals surface area contributed by atoms with E-state index in [1.807, 2.05) is 0 Å². The fourth-order valence-corrected chi connectivity index (χ4v) is 1.20. The van der Waals surface area contributed by atoms with E-state index in [9.17, 15) is 9.50 Å². The third kappa shape index (κ3) is 2.69. The van der Waals surface area contributed by atoms with E-state index in [2.05, 4.69) is 0 Å². The smallest absolute Gasteiger partial charge is 0.125 e. The number of halogens is 2. The van der Waals surface area contributed by atoms with Gasteiger partial charge in [0.1, 0.15) is 5.82 Å². The van der Waals surface area contributed by atoms with E-state index < -0.39 is 11.9 Å². The maximum absolute atomic E-state index is 12.8. The van der Waals surface area contributed by atoms with Crippen LogP contribution in [0.1, 0.15) is 18.1 Å². The lowest BCUT2D eigenvalue weighted by molar-refractivity contribution is 0.183. The zero-order valence-electron chi connectivity index (χ0n) is 6.67. The Balaban J connectivity index is 2.95. The van der Waals surface area contributed by atoms with Crippen LogP contribution in [0.5, 0.6) is 0 Å². The Bertz CT molecular complexity index is 328. The first kappa shape index (κ1) is 9.97. The summed E-state index contributed by atoms with van der Waals surface area (Å²) < 4.78 is 12.8. The molecule has 68 valence electrons. The third-order valence-electron chi connectivity index (χ3n) is 1.55. The van der Waals surface area contributed by atoms with Gasteiger partial charge in [0.2, 0.25) is 0 Å². The van der Waals surface area contributed by atoms with Gasteiger partial charge in [-0.25, -0.2) is 4.39 Å². The Kier molecular flexibility index (Phi) is 3.24. The van der Waals surface area contributed by atoms with Crippen LogP contribution in [0.4, 0.5) is 4.39 Å². The van der Waals surface area contributed by atoms with Crippen LogP contribution >= 0.6 is 11.6 Å². The number of aliphatic hydroxyl groups excluding tert-OH is 1. The highest BCUT2D eigenvalue weighted by Crippen LogP contribution is 2.21. The Hall–Kier alpha value is -1.11. The van der Waals surface area contributed by atoms with E-state index in [1.54, 1.807) is 6.07 Å². The quantitative estimate of drug-likeness (QED) is 0.795. The summed E-state index contributed by atoms with van der Waals surface area (Å²) in [6.45, 7) is 0. The molecule has 0 spiro atoms. The number of nitrogens with zero attached hydrogens (tertiary/aromatic N) is 1. The van der Waals surface area contributed by atoms with Crippen LogP contribution in [-0.2, 0) is 0 Å². The van der Waals surface area contributed by atoms with Crippen molar-refractivity contribution in [3.05, 3.63) is 34.6 Å². The normalized spacial score (nSPS) is 12.2. The topological polar surface area (TPSA) is 44.0 Å². The van der Waals surface area contributed by atoms with Crippen molar-refractivity contribution in [3.8, 4) is 6.07 Å². The van der Waals surface area contributed by atoms with Crippen molar-refractivity contribution in [3.63, 3.8) is 0 Å². The van der Waals surface area contributed by atoms with Crippen molar-refractivity contribution in [2.75, 3.05) is 0 Å². The summed E-state index contributed by atoms with van der Waals surface area (Å²) in [4.78, 5) is 0. The largest absolute Gasteiger partial charge is 0.387 e. The number of aliphatic hydroxyl groups is 1. The van der Waals surface area contributed by atoms with Gasteiger partial charge in [0, 0.05) is 5.02 Å². The first-order valence-corrected chi connectivity index (χ1v) is 4.02. The summed E-state index contributed by atoms with van der Waals surface area (Å²) in [6, 6.07) is 5.53. The van der Waals surface area contributed by atoms with Crippen LogP contribution in [-0.4, -0.2) is 5.11 Å². The van der Waals surface area contributed by atoms with Crippen molar-refractivity contribution in [2.45, 2.75) is 12.5 Å². The molecule has 2 nitrogen and oxygen atoms in total. The molecule has 1 N–H and O–H groups in total. The number of benzene rings is 1. The van der Waals surface area contributed by atoms with Gasteiger partial charge in [-0.1, -0.05) is 11.6 Å². The van der Waals surface area contributed by atoms with Crippen molar-refractivity contribution < 1.29 is 9.50 Å². The second kappa shape index (κ2) is 4.22. The van der Waals surface area contributed by atoms with E-state index in [-0.39, 0.29) is 11.4 Å². The first-order valence-electron chi connectivity index (χ1n) is 3.64. The van der Waals surface area contributed by atoms with Crippen LogP contribution in [0.25, 0.3) is 0 Å². The highest BCUT2D eigenvalue weighted by molar-refractivity contribution is 6.30. The molecule has 1 rings (SSSR count). The predicted octanol–water partition coefficient (Wildman–Crippen LogP) is 2.43. The molecule has 0 heterocycles. The predicted molar refractivity (Wildman–Crippen MR) is 46.6 cm³/mol. The Morgan fingerprint density at radius 2 is 2.23 bits per heavy atom. The van der Waals surface area contributed by atoms with Crippen LogP contribution in [0.2, 0.25) is 5.02 Å². The van der Waals surface area contributed by atoms with E-state index in [0.717, 1.165) is 12.1 Å². The maximum atomic E-state index is 12.8. The molecule has 1 unspecified atom stereocenters. The highest BCUT2D eigenvalue weighted by Gasteiger charge is 2.08. The molecule has 4 heteroatoms. The molecule has 0 aliphatic rings. The SMILES string of the molecule is N#CCC(O)c1cc(F)cc(Cl)c1. The second-order valence-electron chi connectivity index (χ2n) is 2.58. The average Bonchev–Trinajstić information content (AvgIpc) is 2.03. The van der Waals surface area contributed by atoms with Gasteiger partial charge in [0.05, 0.1) is 18.6 Å². The summed E-state index contributed by atoms with van der Waals surface area (Å²) in [5, 5.41) is 17.8. The van der Waals surface area contributed by atoms with Crippen molar-refractivity contribution in [2.24, 2.45) is 0 Å². The molecular weight excluding hydrogens is 193 g/mol. The zero-order valence-corrected chi connectivity index (χ0v) is 7.42. The minimum Gasteiger partial charge on any atom is -0.387 e. The Morgan fingerprint density at radius 1 is 1.54 bits per heavy atom. The number of rotatable bonds is 2. The summed E-state index contributed by atoms with van der Waals surface area (Å²) in [5.41, 5.74) is 0.326. The molecule has 0 fully saturated rings. The van der Waals surface area contributed by atoms with E-state index >= 15 is 0 Å². The van der Waals surface area contributed by atoms with E-state index in [4.69, 9.17) is 16.9 Å². The lowest BCUT2D eigenvalue weighted by Crippen LogP contribution is -1.96. The van der Waals surface area contributed by atoms with E-state index in [1.165, 1.54) is 6.07 Å². The standard InChI is InChI=1S/C9H7ClFNO/c10-7-3-6(4-8(11)5-7)9(13)1-2-12/h3-5,9,13H,1H2. The molecule has 1 aromatic rings. The van der Waals surface area contributed by atoms with Crippen LogP contribution in [0.3, 0.4) is 0 Å². The fourth-order valence-electron chi connectivity index (χ4n) is 0.972. The molecule has 0 saturated heterocycles. The molecule has 13 heavy (non-hydrogen) atoms. The average molecular weight is 200 g/mol. The Labute approximate surface area is 80.2 Å². The minimum atomic E-state index is -0.974. The number of hydrogen-bond acceptors (Lipinski definition) is 2. The lowest BCUT2D eigenvalue weighted by Gasteiger charge is -2.06. The van der Waals surface area contributed by atoms with Gasteiger partial charge >= 0.3 is 0 Å². The maximum Gasteiger partial charge on any atom is 0.125 e. The number of hydrogen-bond donors (Lipinski definition) is 1. The monoisotopic (exact) mass is 199 g/mol. The van der Waals surface area contributed by atoms with Crippen molar-refractivity contribution in [1.29, 1.82) is 5.26 Å². The molecule has 1 aromatic carbocycles. The van der Waals surface area contributed by atoms with Crippen molar-refractivity contribution >= 4 is 11.6 Å². The first-order chi connectivity index (χ1) is 6.13. The lowest BCUT2D eigenvalue weighted by atomic mass is 10.1. The van der Waals surface area contributed by atoms with Gasteiger partial charge in [-0.05, 0) is 23.8 Å². The van der Waals surface area contributed by atoms with Gasteiger partial charge in [-0.2, -0.15) is 5.26 Å². The van der Waals surface area contributed by atoms with Gasteiger partial charge in [0.15, 0.2) is 0 Å². The van der Waals surface area contributed by atoms with Gasteiger partial charge in [-0.3, -0.25) is 0 Å². The van der Waals surface area contributed by atoms with Gasteiger partial charge < -0.3 is 5.11 Å². The molecule has 0 bridgehead atoms. The fraction of sp³-hybridized carbons (Fsp3) is 0.222. The van der Waals surface area contributed by atoms with Crippen LogP contribution in [0, 0.1) is 17.1 Å². The van der Waals surface area contributed by atoms with E-state index in [0.29, 0.717) is 5.56 Å². The second-order valence-corrected chi connectivity index (χ2v) is 3.02. The zero-order chi connectivity index (χ0) is 9.84. The summed E-state index contributed by atoms with van der Waals surface area (Å²) in [5.74, 6) is -0.514. The molecule has 0 radical (unpaired) electrons. The Morgan fingerprint density at radius 3 is 2.77 bits per heavy atom. The van der Waals surface area contributed by atoms with Gasteiger partial charge in [-0.15, -0.1) is 0 Å². The summed E-state index contributed by atoms with van der Waals surface area (Å²) in [6.07, 6.45) is -1.04. The molecule has 0 aliphatic heterocycles. The highest BCUT2D eigenvalue weighted by atomic mass is 35.5. The van der Waals surface area contributed by atoms with Crippen LogP contribution in [0.15, 0.2) is 18.2 Å². The van der Waals surface area contributed by atoms with Crippen LogP contribution < -0.4 is 0 Å². The molecule has 0 amide bonds. The van der Waals surface area contributed by atoms with Gasteiger partial charge in [0.25, 0.3) is 0 Å². The molecule has 0 aromatic heterocycles. The van der Waals surface area contributed by atoms with Crippen molar-refractivity contribution in [1.82, 2.24) is 0 Å².